The number of imide groups is 1. The van der Waals surface area contributed by atoms with Crippen LogP contribution in [0, 0.1) is 11.6 Å². The second kappa shape index (κ2) is 8.73. The van der Waals surface area contributed by atoms with E-state index in [9.17, 15) is 18.4 Å². The van der Waals surface area contributed by atoms with E-state index in [1.807, 2.05) is 4.90 Å². The van der Waals surface area contributed by atoms with Crippen molar-refractivity contribution in [2.75, 3.05) is 31.1 Å². The Bertz CT molecular complexity index is 1130. The molecule has 32 heavy (non-hydrogen) atoms. The number of nitrogens with zero attached hydrogens (tertiary/aromatic N) is 2. The van der Waals surface area contributed by atoms with Crippen LogP contribution >= 0.6 is 15.9 Å². The van der Waals surface area contributed by atoms with Gasteiger partial charge in [0.2, 0.25) is 0 Å². The molecule has 0 radical (unpaired) electrons. The topological polar surface area (TPSA) is 52.7 Å². The molecular weight excluding hydrogens is 543 g/mol. The molecule has 2 amide bonds. The summed E-state index contributed by atoms with van der Waals surface area (Å²) in [6.45, 7) is 3.16. The van der Waals surface area contributed by atoms with Crippen LogP contribution in [-0.4, -0.2) is 64.7 Å². The summed E-state index contributed by atoms with van der Waals surface area (Å²) in [7, 11) is 0. The van der Waals surface area contributed by atoms with Gasteiger partial charge in [0, 0.05) is 0 Å². The van der Waals surface area contributed by atoms with Crippen molar-refractivity contribution in [3.05, 3.63) is 62.4 Å². The SMILES string of the molecule is O=C1NC(=O)c2ccc(Br)cc2C1=C[AsH]c1cc(F)c(N2CCN3CCC[C@H]3C2)c(F)c1. The monoisotopic (exact) mass is 563 g/mol. The summed E-state index contributed by atoms with van der Waals surface area (Å²) in [5.41, 5.74) is 1.35. The number of anilines is 1. The van der Waals surface area contributed by atoms with E-state index in [1.165, 1.54) is 12.1 Å². The fourth-order valence-electron chi connectivity index (χ4n) is 4.74. The van der Waals surface area contributed by atoms with Crippen molar-refractivity contribution in [1.82, 2.24) is 10.2 Å². The Hall–Kier alpha value is -2.02. The number of rotatable bonds is 3. The third-order valence-electron chi connectivity index (χ3n) is 6.29. The maximum absolute atomic E-state index is 15.0. The number of nitrogens with one attached hydrogen (secondary N) is 1. The van der Waals surface area contributed by atoms with Crippen molar-refractivity contribution >= 4 is 59.1 Å². The first-order valence-corrected chi connectivity index (χ1v) is 13.6. The number of hydrogen-bond acceptors (Lipinski definition) is 4. The van der Waals surface area contributed by atoms with Gasteiger partial charge in [0.15, 0.2) is 0 Å². The van der Waals surface area contributed by atoms with Gasteiger partial charge in [0.1, 0.15) is 0 Å². The molecule has 1 N–H and O–H groups in total. The summed E-state index contributed by atoms with van der Waals surface area (Å²) >= 11 is 2.20. The zero-order valence-corrected chi connectivity index (χ0v) is 20.8. The summed E-state index contributed by atoms with van der Waals surface area (Å²) in [4.78, 5) is 30.5. The quantitative estimate of drug-likeness (QED) is 0.354. The van der Waals surface area contributed by atoms with Crippen LogP contribution in [0.2, 0.25) is 0 Å². The predicted octanol–water partition coefficient (Wildman–Crippen LogP) is 2.38. The Balaban J connectivity index is 1.40. The minimum absolute atomic E-state index is 0.0508. The van der Waals surface area contributed by atoms with Gasteiger partial charge in [0.05, 0.1) is 0 Å². The summed E-state index contributed by atoms with van der Waals surface area (Å²) in [5.74, 6) is -2.05. The van der Waals surface area contributed by atoms with E-state index in [4.69, 9.17) is 0 Å². The van der Waals surface area contributed by atoms with Crippen molar-refractivity contribution in [2.45, 2.75) is 18.9 Å². The number of carbonyl (C=O) groups is 2. The van der Waals surface area contributed by atoms with Gasteiger partial charge in [-0.15, -0.1) is 0 Å². The Morgan fingerprint density at radius 3 is 2.59 bits per heavy atom. The molecule has 0 bridgehead atoms. The second-order valence-corrected chi connectivity index (χ2v) is 11.6. The van der Waals surface area contributed by atoms with Gasteiger partial charge in [-0.2, -0.15) is 0 Å². The Morgan fingerprint density at radius 1 is 1.03 bits per heavy atom. The van der Waals surface area contributed by atoms with Gasteiger partial charge >= 0.3 is 200 Å². The molecule has 2 aromatic carbocycles. The number of amides is 2. The molecule has 0 spiro atoms. The van der Waals surface area contributed by atoms with Crippen molar-refractivity contribution < 1.29 is 18.4 Å². The van der Waals surface area contributed by atoms with Crippen LogP contribution < -0.4 is 14.6 Å². The van der Waals surface area contributed by atoms with Gasteiger partial charge in [0.25, 0.3) is 0 Å². The van der Waals surface area contributed by atoms with Crippen LogP contribution in [0.4, 0.5) is 14.5 Å². The number of piperazine rings is 1. The molecule has 0 aliphatic carbocycles. The molecule has 2 saturated heterocycles. The van der Waals surface area contributed by atoms with Gasteiger partial charge < -0.3 is 0 Å². The first kappa shape index (κ1) is 21.8. The number of carbonyl (C=O) groups excluding carboxylic acids is 2. The summed E-state index contributed by atoms with van der Waals surface area (Å²) in [6.07, 6.45) is 2.21. The van der Waals surface area contributed by atoms with Gasteiger partial charge in [-0.05, 0) is 0 Å². The average Bonchev–Trinajstić information content (AvgIpc) is 3.21. The van der Waals surface area contributed by atoms with Crippen molar-refractivity contribution in [3.8, 4) is 0 Å². The van der Waals surface area contributed by atoms with E-state index in [0.29, 0.717) is 40.2 Å². The molecule has 2 atom stereocenters. The molecule has 2 aromatic rings. The fourth-order valence-corrected chi connectivity index (χ4v) is 7.24. The number of benzene rings is 2. The summed E-state index contributed by atoms with van der Waals surface area (Å²) in [5, 5.41) is 2.33. The average molecular weight is 564 g/mol. The molecule has 166 valence electrons. The van der Waals surface area contributed by atoms with Crippen LogP contribution in [0.25, 0.3) is 5.57 Å². The van der Waals surface area contributed by atoms with Crippen LogP contribution in [0.15, 0.2) is 39.7 Å². The van der Waals surface area contributed by atoms with E-state index in [-0.39, 0.29) is 5.69 Å². The molecule has 0 aromatic heterocycles. The zero-order valence-electron chi connectivity index (χ0n) is 17.1. The Labute approximate surface area is 199 Å². The van der Waals surface area contributed by atoms with Crippen molar-refractivity contribution in [1.29, 1.82) is 0 Å². The third kappa shape index (κ3) is 4.04. The van der Waals surface area contributed by atoms with Gasteiger partial charge in [-0.1, -0.05) is 0 Å². The summed E-state index contributed by atoms with van der Waals surface area (Å²) in [6, 6.07) is 8.25. The molecule has 5 rings (SSSR count). The maximum atomic E-state index is 15.0. The molecule has 0 saturated carbocycles. The van der Waals surface area contributed by atoms with Crippen LogP contribution in [-0.2, 0) is 4.79 Å². The summed E-state index contributed by atoms with van der Waals surface area (Å²) < 4.78 is 31.3. The Kier molecular flexibility index (Phi) is 5.95. The zero-order chi connectivity index (χ0) is 22.4. The number of fused-ring (bicyclic) bond motifs is 2. The van der Waals surface area contributed by atoms with Crippen LogP contribution in [0.5, 0.6) is 0 Å². The first-order chi connectivity index (χ1) is 15.4. The first-order valence-electron chi connectivity index (χ1n) is 10.5. The van der Waals surface area contributed by atoms with Gasteiger partial charge in [-0.3, -0.25) is 0 Å². The van der Waals surface area contributed by atoms with E-state index >= 15 is 0 Å². The molecule has 3 heterocycles. The van der Waals surface area contributed by atoms with Crippen molar-refractivity contribution in [3.63, 3.8) is 0 Å². The third-order valence-corrected chi connectivity index (χ3v) is 9.00. The molecule has 5 nitrogen and oxygen atoms in total. The minimum atomic E-state index is -1.17. The van der Waals surface area contributed by atoms with E-state index in [1.54, 1.807) is 23.1 Å². The molecule has 2 fully saturated rings. The van der Waals surface area contributed by atoms with Gasteiger partial charge in [-0.25, -0.2) is 0 Å². The molecule has 9 heteroatoms. The van der Waals surface area contributed by atoms with E-state index in [2.05, 4.69) is 26.1 Å². The number of halogens is 3. The van der Waals surface area contributed by atoms with E-state index < -0.39 is 39.2 Å². The fraction of sp³-hybridized carbons (Fsp3) is 0.304. The Morgan fingerprint density at radius 2 is 1.81 bits per heavy atom. The van der Waals surface area contributed by atoms with Crippen LogP contribution in [0.1, 0.15) is 28.8 Å². The van der Waals surface area contributed by atoms with Crippen LogP contribution in [0.3, 0.4) is 0 Å². The standard InChI is InChI=1S/C23H21AsBrF2N3O2/c25-14-3-4-16-17(10-14)18(23(32)28-22(16)31)11-24-13-8-19(26)21(20(27)9-13)30-7-6-29-5-1-2-15(29)12-30/h3-4,8-11,15,24H,1-2,5-7,12H2,(H,28,31,32)/t15-/m0/s1. The van der Waals surface area contributed by atoms with Crippen molar-refractivity contribution in [2.24, 2.45) is 0 Å². The molecule has 3 aliphatic heterocycles. The van der Waals surface area contributed by atoms with E-state index in [0.717, 1.165) is 30.4 Å². The number of hydrogen-bond donors (Lipinski definition) is 1. The predicted molar refractivity (Wildman–Crippen MR) is 125 cm³/mol. The molecule has 1 unspecified atom stereocenters. The normalized spacial score (nSPS) is 22.5. The second-order valence-electron chi connectivity index (χ2n) is 8.24. The molecular formula is C23H21AsBrF2N3O2. The molecule has 3 aliphatic rings.